The van der Waals surface area contributed by atoms with Gasteiger partial charge in [-0.05, 0) is 31.2 Å². The molecule has 29 heavy (non-hydrogen) atoms. The maximum Gasteiger partial charge on any atom is 0.331 e. The Morgan fingerprint density at radius 1 is 1.07 bits per heavy atom. The predicted molar refractivity (Wildman–Crippen MR) is 107 cm³/mol. The number of esters is 1. The number of methoxy groups -OCH3 is 2. The van der Waals surface area contributed by atoms with Gasteiger partial charge in [0.05, 0.1) is 20.8 Å². The number of carbonyl (C=O) groups excluding carboxylic acids is 1. The summed E-state index contributed by atoms with van der Waals surface area (Å²) < 4.78 is 28.3. The van der Waals surface area contributed by atoms with Gasteiger partial charge in [-0.15, -0.1) is 0 Å². The van der Waals surface area contributed by atoms with Crippen LogP contribution in [-0.2, 0) is 14.3 Å². The van der Waals surface area contributed by atoms with Gasteiger partial charge in [0.15, 0.2) is 11.5 Å². The molecule has 0 spiro atoms. The monoisotopic (exact) mass is 396 g/mol. The summed E-state index contributed by atoms with van der Waals surface area (Å²) in [5.74, 6) is 2.10. The molecular weight excluding hydrogens is 372 g/mol. The van der Waals surface area contributed by atoms with E-state index in [4.69, 9.17) is 23.7 Å². The number of benzene rings is 1. The Balaban J connectivity index is 1.60. The van der Waals surface area contributed by atoms with Crippen LogP contribution in [0.25, 0.3) is 0 Å². The first-order chi connectivity index (χ1) is 14.1. The Labute approximate surface area is 170 Å². The predicted octanol–water partition coefficient (Wildman–Crippen LogP) is 4.04. The zero-order valence-electron chi connectivity index (χ0n) is 16.7. The van der Waals surface area contributed by atoms with E-state index in [1.54, 1.807) is 14.2 Å². The van der Waals surface area contributed by atoms with Crippen molar-refractivity contribution >= 4 is 5.97 Å². The fourth-order valence-corrected chi connectivity index (χ4v) is 3.86. The van der Waals surface area contributed by atoms with Crippen molar-refractivity contribution in [2.24, 2.45) is 5.92 Å². The molecule has 2 heterocycles. The number of fused-ring (bicyclic) bond motifs is 1. The number of rotatable bonds is 6. The van der Waals surface area contributed by atoms with Crippen LogP contribution in [0.4, 0.5) is 0 Å². The molecule has 6 heteroatoms. The summed E-state index contributed by atoms with van der Waals surface area (Å²) in [4.78, 5) is 12.0. The second-order valence-corrected chi connectivity index (χ2v) is 6.89. The van der Waals surface area contributed by atoms with Gasteiger partial charge in [0.2, 0.25) is 5.75 Å². The van der Waals surface area contributed by atoms with Crippen LogP contribution in [-0.4, -0.2) is 32.9 Å². The highest BCUT2D eigenvalue weighted by atomic mass is 16.5. The molecule has 4 rings (SSSR count). The zero-order valence-corrected chi connectivity index (χ0v) is 16.7. The maximum atomic E-state index is 12.0. The largest absolute Gasteiger partial charge is 0.493 e. The highest BCUT2D eigenvalue weighted by Gasteiger charge is 2.35. The van der Waals surface area contributed by atoms with E-state index in [9.17, 15) is 4.79 Å². The van der Waals surface area contributed by atoms with Gasteiger partial charge in [-0.2, -0.15) is 0 Å². The van der Waals surface area contributed by atoms with E-state index in [1.807, 2.05) is 49.4 Å². The van der Waals surface area contributed by atoms with Gasteiger partial charge in [-0.1, -0.05) is 18.2 Å². The first kappa shape index (κ1) is 19.2. The molecular formula is C23H24O6. The smallest absolute Gasteiger partial charge is 0.331 e. The summed E-state index contributed by atoms with van der Waals surface area (Å²) in [7, 11) is 3.18. The summed E-state index contributed by atoms with van der Waals surface area (Å²) in [6.45, 7) is 2.43. The average Bonchev–Trinajstić information content (AvgIpc) is 3.23. The molecule has 1 aromatic rings. The minimum Gasteiger partial charge on any atom is -0.493 e. The lowest BCUT2D eigenvalue weighted by molar-refractivity contribution is -0.143. The number of allylic oxidation sites excluding steroid dienone is 3. The first-order valence-electron chi connectivity index (χ1n) is 9.67. The third-order valence-electron chi connectivity index (χ3n) is 5.18. The van der Waals surface area contributed by atoms with Gasteiger partial charge < -0.3 is 23.7 Å². The molecule has 2 aliphatic heterocycles. The quantitative estimate of drug-likeness (QED) is 0.676. The van der Waals surface area contributed by atoms with Crippen LogP contribution in [0.3, 0.4) is 0 Å². The number of hydrogen-bond acceptors (Lipinski definition) is 6. The van der Waals surface area contributed by atoms with Crippen molar-refractivity contribution in [2.75, 3.05) is 20.8 Å². The van der Waals surface area contributed by atoms with E-state index in [-0.39, 0.29) is 24.1 Å². The summed E-state index contributed by atoms with van der Waals surface area (Å²) in [5.41, 5.74) is 1.77. The third kappa shape index (κ3) is 3.62. The number of hydrogen-bond donors (Lipinski definition) is 0. The van der Waals surface area contributed by atoms with E-state index in [0.717, 1.165) is 11.1 Å². The van der Waals surface area contributed by atoms with E-state index >= 15 is 0 Å². The van der Waals surface area contributed by atoms with Gasteiger partial charge in [-0.3, -0.25) is 0 Å². The molecule has 0 N–H and O–H groups in total. The van der Waals surface area contributed by atoms with Crippen LogP contribution in [0, 0.1) is 5.92 Å². The summed E-state index contributed by atoms with van der Waals surface area (Å²) in [6, 6.07) is 3.82. The van der Waals surface area contributed by atoms with Gasteiger partial charge in [0, 0.05) is 29.6 Å². The molecule has 0 amide bonds. The van der Waals surface area contributed by atoms with E-state index < -0.39 is 0 Å². The van der Waals surface area contributed by atoms with Crippen LogP contribution in [0.2, 0.25) is 0 Å². The molecule has 6 nitrogen and oxygen atoms in total. The Morgan fingerprint density at radius 2 is 1.86 bits per heavy atom. The maximum absolute atomic E-state index is 12.0. The second kappa shape index (κ2) is 8.07. The van der Waals surface area contributed by atoms with Crippen molar-refractivity contribution < 1.29 is 28.5 Å². The van der Waals surface area contributed by atoms with Crippen LogP contribution in [0.15, 0.2) is 59.9 Å². The molecule has 3 aliphatic rings. The van der Waals surface area contributed by atoms with Crippen molar-refractivity contribution in [3.63, 3.8) is 0 Å². The number of ether oxygens (including phenoxy) is 5. The van der Waals surface area contributed by atoms with Gasteiger partial charge in [0.25, 0.3) is 0 Å². The Bertz CT molecular complexity index is 924. The number of carbonyl (C=O) groups is 1. The third-order valence-corrected chi connectivity index (χ3v) is 5.18. The normalized spacial score (nSPS) is 24.8. The lowest BCUT2D eigenvalue weighted by Gasteiger charge is -2.30. The standard InChI is InChI=1S/C23H24O6/c1-4-27-21-12-14(11-20(25-2)23(21)26-3)17-9-10-19(28-17)16-13-22(24)29-18-8-6-5-7-15(16)18/h5-8,10-13,15,17-18H,4,9H2,1-3H3. The van der Waals surface area contributed by atoms with Crippen molar-refractivity contribution in [3.8, 4) is 17.2 Å². The summed E-state index contributed by atoms with van der Waals surface area (Å²) >= 11 is 0. The molecule has 152 valence electrons. The topological polar surface area (TPSA) is 63.2 Å². The Hall–Kier alpha value is -3.15. The van der Waals surface area contributed by atoms with Crippen molar-refractivity contribution in [1.82, 2.24) is 0 Å². The molecule has 3 unspecified atom stereocenters. The minimum absolute atomic E-state index is 0.0351. The van der Waals surface area contributed by atoms with Crippen LogP contribution >= 0.6 is 0 Å². The molecule has 0 aromatic heterocycles. The van der Waals surface area contributed by atoms with Gasteiger partial charge >= 0.3 is 5.97 Å². The van der Waals surface area contributed by atoms with Crippen molar-refractivity contribution in [3.05, 3.63) is 65.5 Å². The van der Waals surface area contributed by atoms with Crippen LogP contribution in [0.5, 0.6) is 17.2 Å². The molecule has 1 aliphatic carbocycles. The lowest BCUT2D eigenvalue weighted by atomic mass is 9.86. The summed E-state index contributed by atoms with van der Waals surface area (Å²) in [5, 5.41) is 0. The van der Waals surface area contributed by atoms with Gasteiger partial charge in [-0.25, -0.2) is 4.79 Å². The molecule has 3 atom stereocenters. The van der Waals surface area contributed by atoms with E-state index in [1.165, 1.54) is 6.08 Å². The highest BCUT2D eigenvalue weighted by Crippen LogP contribution is 2.45. The SMILES string of the molecule is CCOc1cc(C2CC=C(C3=CC(=O)OC4C=CC=CC34)O2)cc(OC)c1OC. The fourth-order valence-electron chi connectivity index (χ4n) is 3.86. The zero-order chi connectivity index (χ0) is 20.4. The van der Waals surface area contributed by atoms with Crippen LogP contribution in [0.1, 0.15) is 25.0 Å². The Morgan fingerprint density at radius 3 is 2.62 bits per heavy atom. The lowest BCUT2D eigenvalue weighted by Crippen LogP contribution is -2.31. The van der Waals surface area contributed by atoms with Crippen molar-refractivity contribution in [1.29, 1.82) is 0 Å². The Kier molecular flexibility index (Phi) is 5.34. The second-order valence-electron chi connectivity index (χ2n) is 6.89. The molecule has 0 saturated heterocycles. The van der Waals surface area contributed by atoms with Crippen LogP contribution < -0.4 is 14.2 Å². The minimum atomic E-state index is -0.348. The first-order valence-corrected chi connectivity index (χ1v) is 9.67. The molecule has 0 radical (unpaired) electrons. The van der Waals surface area contributed by atoms with Crippen molar-refractivity contribution in [2.45, 2.75) is 25.6 Å². The molecule has 0 saturated carbocycles. The molecule has 1 aromatic carbocycles. The van der Waals surface area contributed by atoms with E-state index in [2.05, 4.69) is 0 Å². The highest BCUT2D eigenvalue weighted by molar-refractivity contribution is 5.85. The van der Waals surface area contributed by atoms with Gasteiger partial charge in [0.1, 0.15) is 18.0 Å². The fraction of sp³-hybridized carbons (Fsp3) is 0.348. The molecule has 0 fully saturated rings. The molecule has 0 bridgehead atoms. The summed E-state index contributed by atoms with van der Waals surface area (Å²) in [6.07, 6.45) is 11.5. The van der Waals surface area contributed by atoms with E-state index in [0.29, 0.717) is 36.0 Å². The average molecular weight is 396 g/mol.